The minimum atomic E-state index is -0.652. The van der Waals surface area contributed by atoms with Crippen LogP contribution in [0.1, 0.15) is 30.9 Å². The van der Waals surface area contributed by atoms with Crippen molar-refractivity contribution in [3.05, 3.63) is 72.6 Å². The average molecular weight is 635 g/mol. The minimum Gasteiger partial charge on any atom is -0.494 e. The van der Waals surface area contributed by atoms with Crippen molar-refractivity contribution in [3.8, 4) is 5.75 Å². The largest absolute Gasteiger partial charge is 0.494 e. The number of amides is 1. The number of piperidine rings is 1. The normalized spacial score (nSPS) is 19.7. The Morgan fingerprint density at radius 1 is 0.978 bits per heavy atom. The molecule has 0 saturated carbocycles. The molecule has 0 spiro atoms. The standard InChI is InChI=1S/C33H40F2N8O3/c1-4-33(44)39-26-18-27(30(45-3)19-29(26)42-8-5-25(6-9-42)41-12-10-40(2)11-13-41)38-31-20-32(37-21-36-31)43-28(7-14-46-43)22-15-23(34)17-24(35)16-22/h4,15-21,25,28H,1,5-14H2,2-3H3,(H,39,44)(H,36,37,38)/t28-/m1/s1. The number of halogens is 2. The molecule has 46 heavy (non-hydrogen) atoms. The van der Waals surface area contributed by atoms with Gasteiger partial charge in [0.2, 0.25) is 5.91 Å². The number of nitrogens with one attached hydrogen (secondary N) is 2. The monoisotopic (exact) mass is 634 g/mol. The summed E-state index contributed by atoms with van der Waals surface area (Å²) in [5, 5.41) is 7.81. The summed E-state index contributed by atoms with van der Waals surface area (Å²) in [7, 11) is 3.77. The van der Waals surface area contributed by atoms with Gasteiger partial charge >= 0.3 is 0 Å². The highest BCUT2D eigenvalue weighted by molar-refractivity contribution is 6.02. The molecule has 2 aromatic carbocycles. The zero-order valence-electron chi connectivity index (χ0n) is 26.2. The van der Waals surface area contributed by atoms with Crippen LogP contribution in [0.2, 0.25) is 0 Å². The lowest BCUT2D eigenvalue weighted by atomic mass is 10.0. The van der Waals surface area contributed by atoms with Crippen LogP contribution in [0, 0.1) is 11.6 Å². The minimum absolute atomic E-state index is 0.319. The van der Waals surface area contributed by atoms with Crippen molar-refractivity contribution >= 4 is 34.6 Å². The maximum Gasteiger partial charge on any atom is 0.247 e. The van der Waals surface area contributed by atoms with Gasteiger partial charge in [-0.1, -0.05) is 6.58 Å². The fourth-order valence-electron chi connectivity index (χ4n) is 6.48. The van der Waals surface area contributed by atoms with Crippen LogP contribution < -0.4 is 25.3 Å². The molecule has 6 rings (SSSR count). The number of rotatable bonds is 9. The van der Waals surface area contributed by atoms with Gasteiger partial charge in [-0.05, 0) is 49.7 Å². The number of anilines is 5. The number of ether oxygens (including phenoxy) is 1. The van der Waals surface area contributed by atoms with Gasteiger partial charge in [-0.2, -0.15) is 0 Å². The van der Waals surface area contributed by atoms with E-state index < -0.39 is 17.7 Å². The average Bonchev–Trinajstić information content (AvgIpc) is 3.56. The third-order valence-electron chi connectivity index (χ3n) is 8.94. The third kappa shape index (κ3) is 7.06. The van der Waals surface area contributed by atoms with Gasteiger partial charge in [-0.25, -0.2) is 23.8 Å². The third-order valence-corrected chi connectivity index (χ3v) is 8.94. The Hall–Kier alpha value is -4.33. The quantitative estimate of drug-likeness (QED) is 0.322. The Morgan fingerprint density at radius 3 is 2.41 bits per heavy atom. The molecule has 0 unspecified atom stereocenters. The van der Waals surface area contributed by atoms with Crippen molar-refractivity contribution in [2.75, 3.05) is 80.6 Å². The molecule has 3 aliphatic heterocycles. The lowest BCUT2D eigenvalue weighted by Crippen LogP contribution is -2.52. The second-order valence-corrected chi connectivity index (χ2v) is 11.9. The van der Waals surface area contributed by atoms with Gasteiger partial charge in [0.25, 0.3) is 0 Å². The van der Waals surface area contributed by atoms with Crippen molar-refractivity contribution in [2.45, 2.75) is 31.3 Å². The molecule has 244 valence electrons. The number of carbonyl (C=O) groups is 1. The maximum absolute atomic E-state index is 14.0. The molecule has 0 aliphatic carbocycles. The first-order valence-corrected chi connectivity index (χ1v) is 15.6. The molecule has 3 aliphatic rings. The van der Waals surface area contributed by atoms with Crippen LogP contribution in [0.15, 0.2) is 55.4 Å². The summed E-state index contributed by atoms with van der Waals surface area (Å²) in [6.45, 7) is 10.1. The molecular formula is C33H40F2N8O3. The number of hydrogen-bond donors (Lipinski definition) is 2. The van der Waals surface area contributed by atoms with Crippen LogP contribution in [0.4, 0.5) is 37.5 Å². The van der Waals surface area contributed by atoms with Crippen LogP contribution in [0.5, 0.6) is 5.75 Å². The highest BCUT2D eigenvalue weighted by Gasteiger charge is 2.31. The van der Waals surface area contributed by atoms with Crippen LogP contribution in [0.3, 0.4) is 0 Å². The van der Waals surface area contributed by atoms with Crippen molar-refractivity contribution in [2.24, 2.45) is 0 Å². The summed E-state index contributed by atoms with van der Waals surface area (Å²) >= 11 is 0. The van der Waals surface area contributed by atoms with E-state index in [9.17, 15) is 13.6 Å². The van der Waals surface area contributed by atoms with Crippen LogP contribution >= 0.6 is 0 Å². The summed E-state index contributed by atoms with van der Waals surface area (Å²) in [6.07, 6.45) is 5.23. The smallest absolute Gasteiger partial charge is 0.247 e. The van der Waals surface area contributed by atoms with Gasteiger partial charge in [0.05, 0.1) is 36.8 Å². The van der Waals surface area contributed by atoms with Gasteiger partial charge in [-0.3, -0.25) is 14.5 Å². The number of benzene rings is 2. The summed E-state index contributed by atoms with van der Waals surface area (Å²) in [5.74, 6) is -0.200. The molecule has 3 saturated heterocycles. The van der Waals surface area contributed by atoms with Gasteiger partial charge in [0.15, 0.2) is 5.82 Å². The zero-order valence-corrected chi connectivity index (χ0v) is 26.2. The molecule has 3 aromatic rings. The van der Waals surface area contributed by atoms with Crippen LogP contribution in [-0.2, 0) is 9.63 Å². The van der Waals surface area contributed by atoms with E-state index in [-0.39, 0.29) is 5.91 Å². The topological polar surface area (TPSA) is 98.3 Å². The van der Waals surface area contributed by atoms with Crippen LogP contribution in [0.25, 0.3) is 0 Å². The first-order chi connectivity index (χ1) is 22.3. The highest BCUT2D eigenvalue weighted by Crippen LogP contribution is 2.40. The molecule has 0 radical (unpaired) electrons. The summed E-state index contributed by atoms with van der Waals surface area (Å²) < 4.78 is 33.8. The predicted molar refractivity (Wildman–Crippen MR) is 174 cm³/mol. The molecule has 4 heterocycles. The molecular weight excluding hydrogens is 594 g/mol. The van der Waals surface area contributed by atoms with E-state index in [0.29, 0.717) is 53.4 Å². The summed E-state index contributed by atoms with van der Waals surface area (Å²) in [4.78, 5) is 34.3. The second-order valence-electron chi connectivity index (χ2n) is 11.9. The molecule has 1 amide bonds. The van der Waals surface area contributed by atoms with E-state index in [0.717, 1.165) is 63.9 Å². The lowest BCUT2D eigenvalue weighted by Gasteiger charge is -2.43. The van der Waals surface area contributed by atoms with E-state index in [4.69, 9.17) is 9.57 Å². The Kier molecular flexibility index (Phi) is 9.61. The van der Waals surface area contributed by atoms with Crippen molar-refractivity contribution in [1.29, 1.82) is 0 Å². The number of hydroxylamine groups is 1. The molecule has 1 aromatic heterocycles. The molecule has 2 N–H and O–H groups in total. The highest BCUT2D eigenvalue weighted by atomic mass is 19.1. The van der Waals surface area contributed by atoms with E-state index in [1.165, 1.54) is 24.5 Å². The van der Waals surface area contributed by atoms with E-state index in [2.05, 4.69) is 48.9 Å². The fourth-order valence-corrected chi connectivity index (χ4v) is 6.48. The Morgan fingerprint density at radius 2 is 1.72 bits per heavy atom. The number of piperazine rings is 1. The number of aromatic nitrogens is 2. The first-order valence-electron chi connectivity index (χ1n) is 15.6. The molecule has 1 atom stereocenters. The number of hydrogen-bond acceptors (Lipinski definition) is 10. The van der Waals surface area contributed by atoms with Gasteiger partial charge in [0, 0.05) is 69.9 Å². The Labute approximate surface area is 267 Å². The predicted octanol–water partition coefficient (Wildman–Crippen LogP) is 4.73. The van der Waals surface area contributed by atoms with Gasteiger partial charge in [0.1, 0.15) is 29.5 Å². The van der Waals surface area contributed by atoms with Crippen molar-refractivity contribution in [1.82, 2.24) is 19.8 Å². The maximum atomic E-state index is 14.0. The van der Waals surface area contributed by atoms with Gasteiger partial charge < -0.3 is 25.2 Å². The molecule has 13 heteroatoms. The Bertz CT molecular complexity index is 1540. The van der Waals surface area contributed by atoms with E-state index >= 15 is 0 Å². The van der Waals surface area contributed by atoms with Crippen LogP contribution in [-0.4, -0.2) is 91.7 Å². The van der Waals surface area contributed by atoms with Gasteiger partial charge in [-0.15, -0.1) is 0 Å². The second kappa shape index (κ2) is 14.0. The van der Waals surface area contributed by atoms with E-state index in [1.54, 1.807) is 18.2 Å². The number of methoxy groups -OCH3 is 1. The molecule has 3 fully saturated rings. The summed E-state index contributed by atoms with van der Waals surface area (Å²) in [5.41, 5.74) is 2.52. The fraction of sp³-hybridized carbons (Fsp3) is 0.424. The number of nitrogens with zero attached hydrogens (tertiary/aromatic N) is 6. The Balaban J connectivity index is 1.23. The zero-order chi connectivity index (χ0) is 32.2. The first kappa shape index (κ1) is 31.6. The molecule has 0 bridgehead atoms. The van der Waals surface area contributed by atoms with Crippen molar-refractivity contribution < 1.29 is 23.1 Å². The molecule has 11 nitrogen and oxygen atoms in total. The SMILES string of the molecule is C=CC(=O)Nc1cc(Nc2cc(N3OCC[C@@H]3c3cc(F)cc(F)c3)ncn2)c(OC)cc1N1CCC(N2CCN(C)CC2)CC1. The number of likely N-dealkylation sites (N-methyl/N-ethyl adjacent to an activating group) is 1. The number of carbonyl (C=O) groups excluding carboxylic acids is 1. The van der Waals surface area contributed by atoms with Crippen molar-refractivity contribution in [3.63, 3.8) is 0 Å². The summed E-state index contributed by atoms with van der Waals surface area (Å²) in [6, 6.07) is 9.01. The lowest BCUT2D eigenvalue weighted by molar-refractivity contribution is -0.111. The van der Waals surface area contributed by atoms with E-state index in [1.807, 2.05) is 12.1 Å².